The number of ether oxygens (including phenoxy) is 1. The summed E-state index contributed by atoms with van der Waals surface area (Å²) in [7, 11) is 1.40. The van der Waals surface area contributed by atoms with Crippen LogP contribution >= 0.6 is 15.9 Å². The van der Waals surface area contributed by atoms with Gasteiger partial charge in [0.15, 0.2) is 0 Å². The van der Waals surface area contributed by atoms with Gasteiger partial charge in [-0.1, -0.05) is 88.7 Å². The maximum atomic E-state index is 13.0. The van der Waals surface area contributed by atoms with Crippen molar-refractivity contribution < 1.29 is 14.3 Å². The molecule has 0 aromatic heterocycles. The van der Waals surface area contributed by atoms with Gasteiger partial charge in [0.2, 0.25) is 6.41 Å². The van der Waals surface area contributed by atoms with E-state index in [1.807, 2.05) is 38.1 Å². The Morgan fingerprint density at radius 1 is 0.977 bits per heavy atom. The number of esters is 1. The van der Waals surface area contributed by atoms with Gasteiger partial charge in [0.25, 0.3) is 0 Å². The first-order valence-electron chi connectivity index (χ1n) is 15.0. The SMILES string of the molecule is COC(=O)C1C(C)=NC(C)=C(N(C=O)CCCN2CCC(c3ccccc3)(c3ccccc3)CC2)C1c1ccc(Br)cc1. The lowest BCUT2D eigenvalue weighted by Gasteiger charge is -2.43. The van der Waals surface area contributed by atoms with Crippen LogP contribution in [-0.4, -0.2) is 61.2 Å². The Balaban J connectivity index is 1.31. The molecule has 7 heteroatoms. The smallest absolute Gasteiger partial charge is 0.315 e. The van der Waals surface area contributed by atoms with Gasteiger partial charge in [-0.25, -0.2) is 0 Å². The zero-order chi connectivity index (χ0) is 30.4. The van der Waals surface area contributed by atoms with Gasteiger partial charge in [0, 0.05) is 28.1 Å². The lowest BCUT2D eigenvalue weighted by Crippen LogP contribution is -2.44. The number of allylic oxidation sites excluding steroid dienone is 2. The Bertz CT molecular complexity index is 1420. The Labute approximate surface area is 263 Å². The summed E-state index contributed by atoms with van der Waals surface area (Å²) in [6.07, 6.45) is 3.80. The predicted molar refractivity (Wildman–Crippen MR) is 175 cm³/mol. The first-order valence-corrected chi connectivity index (χ1v) is 15.8. The monoisotopic (exact) mass is 641 g/mol. The highest BCUT2D eigenvalue weighted by Gasteiger charge is 2.41. The largest absolute Gasteiger partial charge is 0.468 e. The molecule has 3 aromatic carbocycles. The van der Waals surface area contributed by atoms with Crippen molar-refractivity contribution in [2.45, 2.75) is 44.4 Å². The maximum absolute atomic E-state index is 13.0. The Morgan fingerprint density at radius 3 is 2.09 bits per heavy atom. The van der Waals surface area contributed by atoms with Crippen LogP contribution in [0, 0.1) is 5.92 Å². The van der Waals surface area contributed by atoms with E-state index in [-0.39, 0.29) is 17.3 Å². The molecule has 0 aliphatic carbocycles. The molecule has 5 rings (SSSR count). The van der Waals surface area contributed by atoms with Crippen molar-refractivity contribution in [1.82, 2.24) is 9.80 Å². The summed E-state index contributed by atoms with van der Waals surface area (Å²) in [5.74, 6) is -1.31. The molecule has 43 heavy (non-hydrogen) atoms. The van der Waals surface area contributed by atoms with Gasteiger partial charge in [-0.15, -0.1) is 0 Å². The van der Waals surface area contributed by atoms with E-state index in [1.165, 1.54) is 18.2 Å². The molecule has 0 N–H and O–H groups in total. The van der Waals surface area contributed by atoms with Crippen molar-refractivity contribution in [1.29, 1.82) is 0 Å². The van der Waals surface area contributed by atoms with Crippen LogP contribution in [0.2, 0.25) is 0 Å². The zero-order valence-corrected chi connectivity index (χ0v) is 26.8. The minimum absolute atomic E-state index is 0.00847. The van der Waals surface area contributed by atoms with Crippen LogP contribution in [0.3, 0.4) is 0 Å². The molecule has 2 aliphatic heterocycles. The number of hydrogen-bond donors (Lipinski definition) is 0. The number of amides is 1. The number of aliphatic imine (C=N–C) groups is 1. The number of benzene rings is 3. The van der Waals surface area contributed by atoms with Crippen LogP contribution in [-0.2, 0) is 19.7 Å². The molecule has 0 bridgehead atoms. The Morgan fingerprint density at radius 2 is 1.56 bits per heavy atom. The van der Waals surface area contributed by atoms with Crippen LogP contribution in [0.1, 0.15) is 55.7 Å². The van der Waals surface area contributed by atoms with Crippen LogP contribution < -0.4 is 0 Å². The van der Waals surface area contributed by atoms with Gasteiger partial charge >= 0.3 is 5.97 Å². The maximum Gasteiger partial charge on any atom is 0.315 e. The molecule has 2 aliphatic rings. The first kappa shape index (κ1) is 30.9. The molecule has 0 radical (unpaired) electrons. The molecule has 224 valence electrons. The number of likely N-dealkylation sites (tertiary alicyclic amines) is 1. The van der Waals surface area contributed by atoms with Crippen LogP contribution in [0.4, 0.5) is 0 Å². The second-order valence-electron chi connectivity index (χ2n) is 11.6. The molecular formula is C36H40BrN3O3. The third-order valence-corrected chi connectivity index (χ3v) is 9.68. The topological polar surface area (TPSA) is 62.2 Å². The van der Waals surface area contributed by atoms with Crippen molar-refractivity contribution in [3.05, 3.63) is 117 Å². The van der Waals surface area contributed by atoms with Gasteiger partial charge in [0.1, 0.15) is 5.92 Å². The number of carbonyl (C=O) groups is 2. The molecule has 2 unspecified atom stereocenters. The molecule has 2 atom stereocenters. The van der Waals surface area contributed by atoms with Crippen LogP contribution in [0.5, 0.6) is 0 Å². The molecule has 3 aromatic rings. The summed E-state index contributed by atoms with van der Waals surface area (Å²) < 4.78 is 6.16. The van der Waals surface area contributed by atoms with E-state index in [0.717, 1.165) is 66.7 Å². The van der Waals surface area contributed by atoms with Crippen molar-refractivity contribution in [3.63, 3.8) is 0 Å². The van der Waals surface area contributed by atoms with E-state index in [0.29, 0.717) is 12.3 Å². The fraction of sp³-hybridized carbons (Fsp3) is 0.361. The number of piperidine rings is 1. The second kappa shape index (κ2) is 13.8. The van der Waals surface area contributed by atoms with E-state index in [1.54, 1.807) is 4.90 Å². The predicted octanol–water partition coefficient (Wildman–Crippen LogP) is 6.96. The first-order chi connectivity index (χ1) is 20.9. The number of rotatable bonds is 10. The summed E-state index contributed by atoms with van der Waals surface area (Å²) in [4.78, 5) is 34.6. The second-order valence-corrected chi connectivity index (χ2v) is 12.5. The number of carbonyl (C=O) groups excluding carboxylic acids is 2. The number of halogens is 1. The van der Waals surface area contributed by atoms with E-state index < -0.39 is 5.92 Å². The highest BCUT2D eigenvalue weighted by atomic mass is 79.9. The van der Waals surface area contributed by atoms with Crippen molar-refractivity contribution >= 4 is 34.0 Å². The van der Waals surface area contributed by atoms with Crippen molar-refractivity contribution in [2.24, 2.45) is 10.9 Å². The lowest BCUT2D eigenvalue weighted by molar-refractivity contribution is -0.143. The quantitative estimate of drug-likeness (QED) is 0.177. The molecule has 1 fully saturated rings. The van der Waals surface area contributed by atoms with Crippen LogP contribution in [0.25, 0.3) is 0 Å². The van der Waals surface area contributed by atoms with E-state index >= 15 is 0 Å². The summed E-state index contributed by atoms with van der Waals surface area (Å²) >= 11 is 3.52. The number of hydrogen-bond acceptors (Lipinski definition) is 5. The fourth-order valence-electron chi connectivity index (χ4n) is 6.97. The van der Waals surface area contributed by atoms with Gasteiger partial charge < -0.3 is 14.5 Å². The number of nitrogens with zero attached hydrogens (tertiary/aromatic N) is 3. The molecule has 2 heterocycles. The fourth-order valence-corrected chi connectivity index (χ4v) is 7.23. The summed E-state index contributed by atoms with van der Waals surface area (Å²) in [5, 5.41) is 0. The standard InChI is InChI=1S/C36H40BrN3O3/c1-26-32(35(42)43-3)33(28-15-17-31(37)18-16-28)34(27(2)38-26)40(25-41)22-10-21-39-23-19-36(20-24-39,29-11-6-4-7-12-29)30-13-8-5-9-14-30/h4-9,11-18,25,32-33H,10,19-24H2,1-3H3. The van der Waals surface area contributed by atoms with Gasteiger partial charge in [-0.2, -0.15) is 0 Å². The van der Waals surface area contributed by atoms with Crippen LogP contribution in [0.15, 0.2) is 106 Å². The molecule has 6 nitrogen and oxygen atoms in total. The van der Waals surface area contributed by atoms with E-state index in [4.69, 9.17) is 9.73 Å². The Hall–Kier alpha value is -3.55. The molecule has 0 spiro atoms. The molecule has 0 saturated carbocycles. The Kier molecular flexibility index (Phi) is 9.93. The summed E-state index contributed by atoms with van der Waals surface area (Å²) in [5.41, 5.74) is 5.93. The van der Waals surface area contributed by atoms with E-state index in [2.05, 4.69) is 81.5 Å². The van der Waals surface area contributed by atoms with Crippen molar-refractivity contribution in [3.8, 4) is 0 Å². The van der Waals surface area contributed by atoms with Crippen molar-refractivity contribution in [2.75, 3.05) is 33.3 Å². The third-order valence-electron chi connectivity index (χ3n) is 9.15. The lowest BCUT2D eigenvalue weighted by atomic mass is 9.68. The van der Waals surface area contributed by atoms with E-state index in [9.17, 15) is 9.59 Å². The molecule has 1 amide bonds. The van der Waals surface area contributed by atoms with Gasteiger partial charge in [0.05, 0.1) is 18.5 Å². The van der Waals surface area contributed by atoms with Gasteiger partial charge in [-0.3, -0.25) is 14.6 Å². The molecular weight excluding hydrogens is 602 g/mol. The highest BCUT2D eigenvalue weighted by molar-refractivity contribution is 9.10. The van der Waals surface area contributed by atoms with Gasteiger partial charge in [-0.05, 0) is 81.6 Å². The normalized spacial score (nSPS) is 20.3. The zero-order valence-electron chi connectivity index (χ0n) is 25.2. The average Bonchev–Trinajstić information content (AvgIpc) is 3.04. The number of methoxy groups -OCH3 is 1. The summed E-state index contributed by atoms with van der Waals surface area (Å²) in [6.45, 7) is 7.20. The third kappa shape index (κ3) is 6.53. The minimum atomic E-state index is -0.599. The summed E-state index contributed by atoms with van der Waals surface area (Å²) in [6, 6.07) is 29.7. The minimum Gasteiger partial charge on any atom is -0.468 e. The average molecular weight is 643 g/mol. The molecule has 1 saturated heterocycles. The highest BCUT2D eigenvalue weighted by Crippen LogP contribution is 2.43.